The first-order valence-corrected chi connectivity index (χ1v) is 13.4. The molecule has 3 N–H and O–H groups in total. The SMILES string of the molecule is Cc1ccnc(NC(=O)c2ccc(-c3nc([C@H]4CC[C@H](C(F)(F)F)N(C(=O)C5CC5)C4)n4ccnc(N)c34)cc2)c1. The Morgan fingerprint density at radius 3 is 2.46 bits per heavy atom. The number of rotatable bonds is 5. The van der Waals surface area contributed by atoms with Gasteiger partial charge < -0.3 is 16.0 Å². The standard InChI is InChI=1S/C29H28F3N7O2/c1-16-10-11-34-22(14-16)36-27(40)18-4-2-17(3-5-18)23-24-25(33)35-12-13-38(24)26(37-23)20-8-9-21(29(30,31)32)39(15-20)28(41)19-6-7-19/h2-5,10-14,19-21H,6-9,15H2,1H3,(H2,33,35)(H,34,36,40)/t20-,21+/m0/s1. The molecule has 41 heavy (non-hydrogen) atoms. The number of imidazole rings is 1. The van der Waals surface area contributed by atoms with Crippen molar-refractivity contribution in [3.05, 3.63) is 71.9 Å². The molecule has 2 amide bonds. The number of pyridine rings is 1. The number of likely N-dealkylation sites (tertiary alicyclic amines) is 1. The molecule has 6 rings (SSSR count). The van der Waals surface area contributed by atoms with Crippen LogP contribution < -0.4 is 11.1 Å². The van der Waals surface area contributed by atoms with E-state index in [-0.39, 0.29) is 37.0 Å². The summed E-state index contributed by atoms with van der Waals surface area (Å²) in [5.74, 6) is -0.344. The van der Waals surface area contributed by atoms with Crippen LogP contribution in [0, 0.1) is 12.8 Å². The monoisotopic (exact) mass is 563 g/mol. The topological polar surface area (TPSA) is 119 Å². The van der Waals surface area contributed by atoms with Gasteiger partial charge in [-0.3, -0.25) is 14.0 Å². The summed E-state index contributed by atoms with van der Waals surface area (Å²) < 4.78 is 43.3. The molecule has 0 bridgehead atoms. The zero-order chi connectivity index (χ0) is 28.9. The Balaban J connectivity index is 1.31. The molecule has 0 unspecified atom stereocenters. The van der Waals surface area contributed by atoms with Crippen molar-refractivity contribution in [2.45, 2.75) is 50.7 Å². The first kappa shape index (κ1) is 26.7. The maximum atomic E-state index is 13.9. The molecule has 1 aromatic carbocycles. The number of nitrogens with zero attached hydrogens (tertiary/aromatic N) is 5. The lowest BCUT2D eigenvalue weighted by molar-refractivity contribution is -0.197. The van der Waals surface area contributed by atoms with E-state index >= 15 is 0 Å². The summed E-state index contributed by atoms with van der Waals surface area (Å²) in [6.07, 6.45) is 1.58. The molecule has 4 heterocycles. The largest absolute Gasteiger partial charge is 0.408 e. The Morgan fingerprint density at radius 1 is 1.02 bits per heavy atom. The molecule has 1 aliphatic carbocycles. The van der Waals surface area contributed by atoms with Gasteiger partial charge in [0, 0.05) is 48.1 Å². The van der Waals surface area contributed by atoms with Crippen LogP contribution in [0.1, 0.15) is 53.3 Å². The zero-order valence-corrected chi connectivity index (χ0v) is 22.2. The van der Waals surface area contributed by atoms with Gasteiger partial charge in [-0.2, -0.15) is 13.2 Å². The van der Waals surface area contributed by atoms with Crippen molar-refractivity contribution < 1.29 is 22.8 Å². The number of alkyl halides is 3. The Bertz CT molecular complexity index is 1630. The van der Waals surface area contributed by atoms with Gasteiger partial charge in [-0.05, 0) is 62.4 Å². The summed E-state index contributed by atoms with van der Waals surface area (Å²) in [7, 11) is 0. The smallest absolute Gasteiger partial charge is 0.382 e. The van der Waals surface area contributed by atoms with E-state index in [0.29, 0.717) is 46.8 Å². The Labute approximate surface area is 233 Å². The predicted octanol–water partition coefficient (Wildman–Crippen LogP) is 4.98. The summed E-state index contributed by atoms with van der Waals surface area (Å²) in [5, 5.41) is 2.77. The lowest BCUT2D eigenvalue weighted by atomic mass is 9.91. The van der Waals surface area contributed by atoms with Gasteiger partial charge in [0.05, 0.1) is 0 Å². The normalized spacial score (nSPS) is 19.4. The number of aromatic nitrogens is 4. The number of benzene rings is 1. The van der Waals surface area contributed by atoms with E-state index < -0.39 is 24.0 Å². The first-order valence-electron chi connectivity index (χ1n) is 13.4. The Morgan fingerprint density at radius 2 is 1.78 bits per heavy atom. The second-order valence-electron chi connectivity index (χ2n) is 10.7. The van der Waals surface area contributed by atoms with Gasteiger partial charge in [-0.15, -0.1) is 0 Å². The summed E-state index contributed by atoms with van der Waals surface area (Å²) in [5.41, 5.74) is 9.31. The number of nitrogen functional groups attached to an aromatic ring is 1. The van der Waals surface area contributed by atoms with Crippen molar-refractivity contribution in [1.82, 2.24) is 24.3 Å². The van der Waals surface area contributed by atoms with Gasteiger partial charge in [0.2, 0.25) is 5.91 Å². The van der Waals surface area contributed by atoms with Gasteiger partial charge in [0.25, 0.3) is 5.91 Å². The van der Waals surface area contributed by atoms with Crippen LogP contribution >= 0.6 is 0 Å². The van der Waals surface area contributed by atoms with Crippen LogP contribution in [-0.2, 0) is 4.79 Å². The van der Waals surface area contributed by atoms with Gasteiger partial charge in [-0.1, -0.05) is 12.1 Å². The molecule has 1 saturated heterocycles. The maximum absolute atomic E-state index is 13.9. The van der Waals surface area contributed by atoms with Gasteiger partial charge in [-0.25, -0.2) is 15.0 Å². The molecule has 0 spiro atoms. The first-order chi connectivity index (χ1) is 19.6. The van der Waals surface area contributed by atoms with Crippen LogP contribution in [0.25, 0.3) is 16.8 Å². The number of amides is 2. The van der Waals surface area contributed by atoms with E-state index in [1.165, 1.54) is 6.20 Å². The number of nitrogens with one attached hydrogen (secondary N) is 1. The van der Waals surface area contributed by atoms with Crippen molar-refractivity contribution in [2.24, 2.45) is 5.92 Å². The number of carbonyl (C=O) groups excluding carboxylic acids is 2. The number of anilines is 2. The number of hydrogen-bond donors (Lipinski definition) is 2. The van der Waals surface area contributed by atoms with Crippen LogP contribution in [0.15, 0.2) is 55.0 Å². The zero-order valence-electron chi connectivity index (χ0n) is 22.2. The number of carbonyl (C=O) groups is 2. The fourth-order valence-corrected chi connectivity index (χ4v) is 5.48. The van der Waals surface area contributed by atoms with E-state index in [2.05, 4.69) is 15.3 Å². The minimum Gasteiger partial charge on any atom is -0.382 e. The number of aryl methyl sites for hydroxylation is 1. The molecule has 9 nitrogen and oxygen atoms in total. The minimum atomic E-state index is -4.49. The number of fused-ring (bicyclic) bond motifs is 1. The minimum absolute atomic E-state index is 0.0770. The molecule has 4 aromatic rings. The molecule has 0 radical (unpaired) electrons. The van der Waals surface area contributed by atoms with E-state index in [1.54, 1.807) is 47.1 Å². The highest BCUT2D eigenvalue weighted by atomic mass is 19.4. The summed E-state index contributed by atoms with van der Waals surface area (Å²) >= 11 is 0. The third-order valence-corrected chi connectivity index (χ3v) is 7.72. The lowest BCUT2D eigenvalue weighted by Crippen LogP contribution is -2.53. The number of hydrogen-bond acceptors (Lipinski definition) is 6. The number of halogens is 3. The second-order valence-corrected chi connectivity index (χ2v) is 10.7. The Hall–Kier alpha value is -4.48. The van der Waals surface area contributed by atoms with Crippen LogP contribution in [0.4, 0.5) is 24.8 Å². The van der Waals surface area contributed by atoms with Crippen molar-refractivity contribution in [3.63, 3.8) is 0 Å². The molecule has 3 aromatic heterocycles. The summed E-state index contributed by atoms with van der Waals surface area (Å²) in [6, 6.07) is 8.59. The number of nitrogens with two attached hydrogens (primary N) is 1. The van der Waals surface area contributed by atoms with E-state index in [4.69, 9.17) is 10.7 Å². The lowest BCUT2D eigenvalue weighted by Gasteiger charge is -2.40. The van der Waals surface area contributed by atoms with Crippen molar-refractivity contribution in [2.75, 3.05) is 17.6 Å². The predicted molar refractivity (Wildman–Crippen MR) is 146 cm³/mol. The fourth-order valence-electron chi connectivity index (χ4n) is 5.48. The number of piperidine rings is 1. The third-order valence-electron chi connectivity index (χ3n) is 7.72. The maximum Gasteiger partial charge on any atom is 0.408 e. The molecule has 2 fully saturated rings. The fraction of sp³-hybridized carbons (Fsp3) is 0.345. The molecule has 1 aliphatic heterocycles. The van der Waals surface area contributed by atoms with Crippen molar-refractivity contribution >= 4 is 29.0 Å². The molecule has 2 aliphatic rings. The Kier molecular flexibility index (Phi) is 6.63. The third kappa shape index (κ3) is 5.21. The van der Waals surface area contributed by atoms with Crippen molar-refractivity contribution in [3.8, 4) is 11.3 Å². The second kappa shape index (κ2) is 10.2. The molecule has 2 atom stereocenters. The molecule has 212 valence electrons. The van der Waals surface area contributed by atoms with E-state index in [9.17, 15) is 22.8 Å². The quantitative estimate of drug-likeness (QED) is 0.354. The van der Waals surface area contributed by atoms with Gasteiger partial charge in [0.1, 0.15) is 34.7 Å². The van der Waals surface area contributed by atoms with Crippen LogP contribution in [-0.4, -0.2) is 54.8 Å². The van der Waals surface area contributed by atoms with Crippen molar-refractivity contribution in [1.29, 1.82) is 0 Å². The molecular weight excluding hydrogens is 535 g/mol. The molecule has 12 heteroatoms. The van der Waals surface area contributed by atoms with Crippen LogP contribution in [0.2, 0.25) is 0 Å². The van der Waals surface area contributed by atoms with Crippen LogP contribution in [0.5, 0.6) is 0 Å². The highest BCUT2D eigenvalue weighted by Crippen LogP contribution is 2.42. The highest BCUT2D eigenvalue weighted by Gasteiger charge is 2.50. The average Bonchev–Trinajstić information content (AvgIpc) is 3.72. The average molecular weight is 564 g/mol. The van der Waals surface area contributed by atoms with E-state index in [0.717, 1.165) is 10.5 Å². The van der Waals surface area contributed by atoms with Gasteiger partial charge >= 0.3 is 6.18 Å². The van der Waals surface area contributed by atoms with Gasteiger partial charge in [0.15, 0.2) is 0 Å². The van der Waals surface area contributed by atoms with E-state index in [1.807, 2.05) is 13.0 Å². The molecule has 1 saturated carbocycles. The highest BCUT2D eigenvalue weighted by molar-refractivity contribution is 6.04. The summed E-state index contributed by atoms with van der Waals surface area (Å²) in [4.78, 5) is 39.9. The summed E-state index contributed by atoms with van der Waals surface area (Å²) in [6.45, 7) is 1.83. The molecular formula is C29H28F3N7O2. The van der Waals surface area contributed by atoms with Crippen LogP contribution in [0.3, 0.4) is 0 Å².